The second kappa shape index (κ2) is 7.43. The van der Waals surface area contributed by atoms with E-state index in [-0.39, 0.29) is 11.9 Å². The van der Waals surface area contributed by atoms with Gasteiger partial charge in [-0.2, -0.15) is 0 Å². The summed E-state index contributed by atoms with van der Waals surface area (Å²) in [5.41, 5.74) is 5.84. The second-order valence-corrected chi connectivity index (χ2v) is 7.41. The molecule has 3 aromatic rings. The van der Waals surface area contributed by atoms with Gasteiger partial charge in [0.05, 0.1) is 0 Å². The molecule has 142 valence electrons. The predicted molar refractivity (Wildman–Crippen MR) is 111 cm³/mol. The maximum Gasteiger partial charge on any atom is 0.270 e. The molecule has 28 heavy (non-hydrogen) atoms. The summed E-state index contributed by atoms with van der Waals surface area (Å²) in [6.07, 6.45) is 0.947. The van der Waals surface area contributed by atoms with Crippen LogP contribution >= 0.6 is 0 Å². The Morgan fingerprint density at radius 1 is 1.11 bits per heavy atom. The molecule has 4 rings (SSSR count). The van der Waals surface area contributed by atoms with E-state index in [1.165, 1.54) is 11.1 Å². The lowest BCUT2D eigenvalue weighted by molar-refractivity contribution is 0.0945. The molecule has 5 nitrogen and oxygen atoms in total. The molecular weight excluding hydrogens is 348 g/mol. The molecule has 5 heteroatoms. The van der Waals surface area contributed by atoms with Crippen molar-refractivity contribution in [3.05, 3.63) is 82.7 Å². The van der Waals surface area contributed by atoms with E-state index in [1.807, 2.05) is 44.2 Å². The fourth-order valence-corrected chi connectivity index (χ4v) is 3.63. The van der Waals surface area contributed by atoms with E-state index in [0.717, 1.165) is 23.4 Å². The van der Waals surface area contributed by atoms with Crippen LogP contribution in [0.3, 0.4) is 0 Å². The Balaban J connectivity index is 1.57. The van der Waals surface area contributed by atoms with Gasteiger partial charge in [-0.1, -0.05) is 48.0 Å². The van der Waals surface area contributed by atoms with Crippen LogP contribution in [-0.4, -0.2) is 21.9 Å². The quantitative estimate of drug-likeness (QED) is 0.749. The summed E-state index contributed by atoms with van der Waals surface area (Å²) in [5.74, 6) is 0.394. The van der Waals surface area contributed by atoms with Crippen molar-refractivity contribution in [3.63, 3.8) is 0 Å². The highest BCUT2D eigenvalue weighted by Gasteiger charge is 2.29. The fraction of sp³-hybridized carbons (Fsp3) is 0.261. The van der Waals surface area contributed by atoms with Gasteiger partial charge in [-0.15, -0.1) is 0 Å². The van der Waals surface area contributed by atoms with Crippen LogP contribution in [-0.2, 0) is 13.0 Å². The molecule has 1 atom stereocenters. The number of amides is 1. The van der Waals surface area contributed by atoms with Crippen LogP contribution in [0.1, 0.15) is 39.8 Å². The van der Waals surface area contributed by atoms with Gasteiger partial charge in [0.25, 0.3) is 5.91 Å². The lowest BCUT2D eigenvalue weighted by atomic mass is 10.1. The number of nitrogens with one attached hydrogen (secondary N) is 1. The lowest BCUT2D eigenvalue weighted by Crippen LogP contribution is -2.29. The molecule has 1 aromatic heterocycles. The van der Waals surface area contributed by atoms with Gasteiger partial charge < -0.3 is 10.2 Å². The van der Waals surface area contributed by atoms with Gasteiger partial charge >= 0.3 is 0 Å². The minimum absolute atomic E-state index is 0.188. The van der Waals surface area contributed by atoms with Crippen LogP contribution in [0.15, 0.2) is 54.6 Å². The van der Waals surface area contributed by atoms with Gasteiger partial charge in [0.15, 0.2) is 0 Å². The van der Waals surface area contributed by atoms with Crippen molar-refractivity contribution in [3.8, 4) is 0 Å². The third-order valence-corrected chi connectivity index (χ3v) is 5.07. The molecule has 0 saturated carbocycles. The second-order valence-electron chi connectivity index (χ2n) is 7.41. The summed E-state index contributed by atoms with van der Waals surface area (Å²) in [5, 5.41) is 2.96. The summed E-state index contributed by atoms with van der Waals surface area (Å²) in [7, 11) is 0. The smallest absolute Gasteiger partial charge is 0.270 e. The Hall–Kier alpha value is -3.21. The number of nitrogens with zero attached hydrogens (tertiary/aromatic N) is 3. The average molecular weight is 372 g/mol. The average Bonchev–Trinajstić information content (AvgIpc) is 3.02. The van der Waals surface area contributed by atoms with Crippen molar-refractivity contribution in [2.24, 2.45) is 0 Å². The normalized spacial score (nSPS) is 15.4. The van der Waals surface area contributed by atoms with Crippen LogP contribution in [0.2, 0.25) is 0 Å². The first-order chi connectivity index (χ1) is 13.5. The van der Waals surface area contributed by atoms with Crippen molar-refractivity contribution in [2.75, 3.05) is 4.90 Å². The summed E-state index contributed by atoms with van der Waals surface area (Å²) in [6, 6.07) is 18.4. The molecule has 1 aliphatic rings. The highest BCUT2D eigenvalue weighted by Crippen LogP contribution is 2.36. The zero-order valence-electron chi connectivity index (χ0n) is 16.4. The van der Waals surface area contributed by atoms with Crippen molar-refractivity contribution < 1.29 is 4.79 Å². The number of para-hydroxylation sites is 1. The first-order valence-electron chi connectivity index (χ1n) is 9.58. The monoisotopic (exact) mass is 372 g/mol. The molecule has 1 aliphatic heterocycles. The van der Waals surface area contributed by atoms with E-state index >= 15 is 0 Å². The molecule has 0 aliphatic carbocycles. The molecule has 0 fully saturated rings. The number of carbonyl (C=O) groups excluding carboxylic acids is 1. The summed E-state index contributed by atoms with van der Waals surface area (Å²) >= 11 is 0. The summed E-state index contributed by atoms with van der Waals surface area (Å²) < 4.78 is 0. The van der Waals surface area contributed by atoms with Crippen LogP contribution in [0, 0.1) is 13.8 Å². The van der Waals surface area contributed by atoms with Gasteiger partial charge in [0, 0.05) is 24.0 Å². The van der Waals surface area contributed by atoms with Gasteiger partial charge in [-0.05, 0) is 50.5 Å². The van der Waals surface area contributed by atoms with Crippen LogP contribution < -0.4 is 10.2 Å². The van der Waals surface area contributed by atoms with Crippen molar-refractivity contribution in [1.82, 2.24) is 15.3 Å². The van der Waals surface area contributed by atoms with Crippen molar-refractivity contribution in [2.45, 2.75) is 39.8 Å². The minimum atomic E-state index is -0.188. The number of hydrogen-bond acceptors (Lipinski definition) is 4. The molecule has 0 spiro atoms. The van der Waals surface area contributed by atoms with E-state index < -0.39 is 0 Å². The van der Waals surface area contributed by atoms with Crippen LogP contribution in [0.5, 0.6) is 0 Å². The first-order valence-corrected chi connectivity index (χ1v) is 9.58. The number of aromatic nitrogens is 2. The summed E-state index contributed by atoms with van der Waals surface area (Å²) in [6.45, 7) is 6.57. The Kier molecular flexibility index (Phi) is 4.82. The van der Waals surface area contributed by atoms with Crippen LogP contribution in [0.25, 0.3) is 0 Å². The number of benzene rings is 2. The van der Waals surface area contributed by atoms with E-state index in [2.05, 4.69) is 45.3 Å². The number of carbonyl (C=O) groups is 1. The van der Waals surface area contributed by atoms with Crippen molar-refractivity contribution >= 4 is 17.5 Å². The molecule has 1 unspecified atom stereocenters. The maximum absolute atomic E-state index is 12.7. The Morgan fingerprint density at radius 3 is 2.64 bits per heavy atom. The van der Waals surface area contributed by atoms with Gasteiger partial charge in [0.2, 0.25) is 5.95 Å². The topological polar surface area (TPSA) is 58.1 Å². The Bertz CT molecular complexity index is 1010. The van der Waals surface area contributed by atoms with E-state index in [9.17, 15) is 4.79 Å². The molecule has 1 N–H and O–H groups in total. The number of aryl methyl sites for hydroxylation is 2. The molecular formula is C23H24N4O. The SMILES string of the molecule is Cc1ccc(CNC(=O)c2cc(C)nc(N3c4ccccc4CC3C)n2)cc1. The van der Waals surface area contributed by atoms with Gasteiger partial charge in [-0.25, -0.2) is 9.97 Å². The number of hydrogen-bond donors (Lipinski definition) is 1. The van der Waals surface area contributed by atoms with Gasteiger partial charge in [-0.3, -0.25) is 4.79 Å². The number of fused-ring (bicyclic) bond motifs is 1. The number of rotatable bonds is 4. The molecule has 1 amide bonds. The largest absolute Gasteiger partial charge is 0.347 e. The molecule has 0 radical (unpaired) electrons. The maximum atomic E-state index is 12.7. The van der Waals surface area contributed by atoms with Crippen LogP contribution in [0.4, 0.5) is 11.6 Å². The molecule has 0 saturated heterocycles. The molecule has 0 bridgehead atoms. The standard InChI is InChI=1S/C23H24N4O/c1-15-8-10-18(11-9-15)14-24-22(28)20-12-16(2)25-23(26-20)27-17(3)13-19-6-4-5-7-21(19)27/h4-12,17H,13-14H2,1-3H3,(H,24,28). The highest BCUT2D eigenvalue weighted by atomic mass is 16.1. The molecule has 2 heterocycles. The highest BCUT2D eigenvalue weighted by molar-refractivity contribution is 5.92. The van der Waals surface area contributed by atoms with Crippen molar-refractivity contribution in [1.29, 1.82) is 0 Å². The Morgan fingerprint density at radius 2 is 1.86 bits per heavy atom. The molecule has 2 aromatic carbocycles. The first kappa shape index (κ1) is 18.2. The fourth-order valence-electron chi connectivity index (χ4n) is 3.63. The lowest BCUT2D eigenvalue weighted by Gasteiger charge is -2.23. The predicted octanol–water partition coefficient (Wildman–Crippen LogP) is 4.11. The van der Waals surface area contributed by atoms with E-state index in [4.69, 9.17) is 0 Å². The summed E-state index contributed by atoms with van der Waals surface area (Å²) in [4.78, 5) is 24.0. The zero-order valence-corrected chi connectivity index (χ0v) is 16.4. The Labute approximate surface area is 165 Å². The van der Waals surface area contributed by atoms with E-state index in [1.54, 1.807) is 6.07 Å². The van der Waals surface area contributed by atoms with E-state index in [0.29, 0.717) is 18.2 Å². The third kappa shape index (κ3) is 3.60. The van der Waals surface area contributed by atoms with Gasteiger partial charge in [0.1, 0.15) is 5.69 Å². The third-order valence-electron chi connectivity index (χ3n) is 5.07. The number of anilines is 2. The zero-order chi connectivity index (χ0) is 19.7. The minimum Gasteiger partial charge on any atom is -0.347 e.